The second-order valence-electron chi connectivity index (χ2n) is 8.66. The molecule has 0 radical (unpaired) electrons. The molecule has 0 aromatic rings. The van der Waals surface area contributed by atoms with Crippen LogP contribution in [0.3, 0.4) is 0 Å². The van der Waals surface area contributed by atoms with E-state index in [0.717, 1.165) is 25.7 Å². The Kier molecular flexibility index (Phi) is 23.9. The van der Waals surface area contributed by atoms with Crippen LogP contribution in [0.25, 0.3) is 0 Å². The summed E-state index contributed by atoms with van der Waals surface area (Å²) in [5.74, 6) is 0. The molecule has 0 unspecified atom stereocenters. The summed E-state index contributed by atoms with van der Waals surface area (Å²) in [4.78, 5) is 0. The fraction of sp³-hybridized carbons (Fsp3) is 1.00. The first-order chi connectivity index (χ1) is 14.7. The zero-order valence-corrected chi connectivity index (χ0v) is 21.5. The van der Waals surface area contributed by atoms with Gasteiger partial charge in [0, 0.05) is 7.11 Å². The largest absolute Gasteiger partial charge is 0.474 e. The zero-order valence-electron chi connectivity index (χ0n) is 20.6. The Balaban J connectivity index is 3.46. The van der Waals surface area contributed by atoms with Gasteiger partial charge in [-0.05, 0) is 12.8 Å². The summed E-state index contributed by atoms with van der Waals surface area (Å²) in [6.07, 6.45) is 25.4. The normalized spacial score (nSPS) is 12.0. The van der Waals surface area contributed by atoms with E-state index in [1.54, 1.807) is 0 Å². The van der Waals surface area contributed by atoms with Crippen molar-refractivity contribution in [2.24, 2.45) is 0 Å². The van der Waals surface area contributed by atoms with Gasteiger partial charge in [0.25, 0.3) is 0 Å². The second-order valence-corrected chi connectivity index (χ2v) is 10.4. The average Bonchev–Trinajstić information content (AvgIpc) is 2.76. The Bertz CT molecular complexity index is 346. The van der Waals surface area contributed by atoms with Crippen molar-refractivity contribution in [2.45, 2.75) is 142 Å². The van der Waals surface area contributed by atoms with Crippen LogP contribution in [0.15, 0.2) is 0 Å². The molecule has 5 heteroatoms. The molecule has 0 fully saturated rings. The molecule has 30 heavy (non-hydrogen) atoms. The minimum absolute atomic E-state index is 0.458. The Labute approximate surface area is 188 Å². The maximum Gasteiger partial charge on any atom is 0.474 e. The molecule has 0 heterocycles. The van der Waals surface area contributed by atoms with Crippen molar-refractivity contribution >= 4 is 7.82 Å². The molecule has 0 atom stereocenters. The van der Waals surface area contributed by atoms with E-state index in [1.165, 1.54) is 110 Å². The fourth-order valence-electron chi connectivity index (χ4n) is 3.67. The number of hydrogen-bond donors (Lipinski definition) is 0. The number of hydrogen-bond acceptors (Lipinski definition) is 4. The standard InChI is InChI=1S/C25H53O4P/c1-4-6-8-10-12-14-16-18-20-22-24-28-30(26,27-3)29-25-23-21-19-17-15-13-11-9-7-5-2/h4-25H2,1-3H3. The summed E-state index contributed by atoms with van der Waals surface area (Å²) in [7, 11) is -1.94. The van der Waals surface area contributed by atoms with Gasteiger partial charge >= 0.3 is 7.82 Å². The van der Waals surface area contributed by atoms with Gasteiger partial charge in [0.15, 0.2) is 0 Å². The van der Waals surface area contributed by atoms with Crippen molar-refractivity contribution in [3.63, 3.8) is 0 Å². The molecule has 0 spiro atoms. The van der Waals surface area contributed by atoms with Crippen LogP contribution < -0.4 is 0 Å². The van der Waals surface area contributed by atoms with Gasteiger partial charge in [0.1, 0.15) is 0 Å². The Morgan fingerprint density at radius 1 is 0.467 bits per heavy atom. The summed E-state index contributed by atoms with van der Waals surface area (Å²) in [6, 6.07) is 0. The molecular formula is C25H53O4P. The van der Waals surface area contributed by atoms with Crippen LogP contribution in [-0.2, 0) is 18.1 Å². The van der Waals surface area contributed by atoms with Gasteiger partial charge in [-0.1, -0.05) is 129 Å². The maximum absolute atomic E-state index is 12.4. The first kappa shape index (κ1) is 30.1. The minimum atomic E-state index is -3.35. The van der Waals surface area contributed by atoms with Crippen LogP contribution in [0.1, 0.15) is 142 Å². The highest BCUT2D eigenvalue weighted by Gasteiger charge is 2.24. The van der Waals surface area contributed by atoms with Crippen LogP contribution >= 0.6 is 7.82 Å². The first-order valence-corrected chi connectivity index (χ1v) is 14.6. The molecule has 0 saturated heterocycles. The van der Waals surface area contributed by atoms with E-state index >= 15 is 0 Å². The molecule has 182 valence electrons. The molecule has 0 rings (SSSR count). The minimum Gasteiger partial charge on any atom is -0.290 e. The third kappa shape index (κ3) is 21.3. The molecule has 0 aromatic carbocycles. The predicted molar refractivity (Wildman–Crippen MR) is 130 cm³/mol. The maximum atomic E-state index is 12.4. The summed E-state index contributed by atoms with van der Waals surface area (Å²) in [5, 5.41) is 0. The highest BCUT2D eigenvalue weighted by atomic mass is 31.2. The van der Waals surface area contributed by atoms with Crippen LogP contribution in [0.2, 0.25) is 0 Å². The van der Waals surface area contributed by atoms with E-state index in [2.05, 4.69) is 13.8 Å². The number of phosphoric ester groups is 1. The molecule has 0 aliphatic heterocycles. The van der Waals surface area contributed by atoms with Crippen molar-refractivity contribution in [1.82, 2.24) is 0 Å². The van der Waals surface area contributed by atoms with Gasteiger partial charge in [-0.25, -0.2) is 4.57 Å². The molecular weight excluding hydrogens is 395 g/mol. The lowest BCUT2D eigenvalue weighted by molar-refractivity contribution is 0.127. The fourth-order valence-corrected chi connectivity index (χ4v) is 4.67. The lowest BCUT2D eigenvalue weighted by Gasteiger charge is -2.15. The Morgan fingerprint density at radius 2 is 0.733 bits per heavy atom. The van der Waals surface area contributed by atoms with Crippen molar-refractivity contribution in [3.05, 3.63) is 0 Å². The molecule has 0 aliphatic rings. The van der Waals surface area contributed by atoms with E-state index in [4.69, 9.17) is 13.6 Å². The summed E-state index contributed by atoms with van der Waals surface area (Å²) < 4.78 is 28.4. The SMILES string of the molecule is CCCCCCCCCCCCOP(=O)(OC)OCCCCCCCCCCCC. The molecule has 0 aromatic heterocycles. The van der Waals surface area contributed by atoms with Crippen molar-refractivity contribution in [3.8, 4) is 0 Å². The quantitative estimate of drug-likeness (QED) is 0.103. The lowest BCUT2D eigenvalue weighted by atomic mass is 10.1. The monoisotopic (exact) mass is 448 g/mol. The van der Waals surface area contributed by atoms with Crippen LogP contribution in [0, 0.1) is 0 Å². The summed E-state index contributed by atoms with van der Waals surface area (Å²) in [6.45, 7) is 5.43. The summed E-state index contributed by atoms with van der Waals surface area (Å²) in [5.41, 5.74) is 0. The number of unbranched alkanes of at least 4 members (excludes halogenated alkanes) is 18. The molecule has 0 aliphatic carbocycles. The van der Waals surface area contributed by atoms with Gasteiger partial charge < -0.3 is 0 Å². The summed E-state index contributed by atoms with van der Waals surface area (Å²) >= 11 is 0. The van der Waals surface area contributed by atoms with Crippen molar-refractivity contribution < 1.29 is 18.1 Å². The molecule has 0 bridgehead atoms. The van der Waals surface area contributed by atoms with Crippen LogP contribution in [-0.4, -0.2) is 20.3 Å². The number of rotatable bonds is 25. The second kappa shape index (κ2) is 23.8. The van der Waals surface area contributed by atoms with Gasteiger partial charge in [0.2, 0.25) is 0 Å². The van der Waals surface area contributed by atoms with Gasteiger partial charge in [-0.3, -0.25) is 13.6 Å². The smallest absolute Gasteiger partial charge is 0.290 e. The highest BCUT2D eigenvalue weighted by Crippen LogP contribution is 2.48. The Morgan fingerprint density at radius 3 is 1.00 bits per heavy atom. The lowest BCUT2D eigenvalue weighted by Crippen LogP contribution is -2.01. The first-order valence-electron chi connectivity index (χ1n) is 13.1. The highest BCUT2D eigenvalue weighted by molar-refractivity contribution is 7.48. The third-order valence-electron chi connectivity index (χ3n) is 5.72. The van der Waals surface area contributed by atoms with E-state index < -0.39 is 7.82 Å². The molecule has 4 nitrogen and oxygen atoms in total. The van der Waals surface area contributed by atoms with Crippen LogP contribution in [0.5, 0.6) is 0 Å². The molecule has 0 N–H and O–H groups in total. The molecule has 0 amide bonds. The van der Waals surface area contributed by atoms with Crippen molar-refractivity contribution in [1.29, 1.82) is 0 Å². The zero-order chi connectivity index (χ0) is 22.2. The average molecular weight is 449 g/mol. The topological polar surface area (TPSA) is 44.8 Å². The third-order valence-corrected chi connectivity index (χ3v) is 7.16. The van der Waals surface area contributed by atoms with E-state index in [0.29, 0.717) is 13.2 Å². The van der Waals surface area contributed by atoms with E-state index in [-0.39, 0.29) is 0 Å². The van der Waals surface area contributed by atoms with Gasteiger partial charge in [-0.15, -0.1) is 0 Å². The Hall–Kier alpha value is 0.110. The van der Waals surface area contributed by atoms with E-state index in [9.17, 15) is 4.57 Å². The van der Waals surface area contributed by atoms with Gasteiger partial charge in [0.05, 0.1) is 13.2 Å². The molecule has 0 saturated carbocycles. The number of phosphoric acid groups is 1. The van der Waals surface area contributed by atoms with Crippen molar-refractivity contribution in [2.75, 3.05) is 20.3 Å². The van der Waals surface area contributed by atoms with Crippen LogP contribution in [0.4, 0.5) is 0 Å². The predicted octanol–water partition coefficient (Wildman–Crippen LogP) is 9.62. The van der Waals surface area contributed by atoms with Gasteiger partial charge in [-0.2, -0.15) is 0 Å². The van der Waals surface area contributed by atoms with E-state index in [1.807, 2.05) is 0 Å².